The van der Waals surface area contributed by atoms with Crippen LogP contribution >= 0.6 is 0 Å². The molecule has 0 aromatic carbocycles. The van der Waals surface area contributed by atoms with Gasteiger partial charge in [0.2, 0.25) is 5.91 Å². The summed E-state index contributed by atoms with van der Waals surface area (Å²) in [4.78, 5) is 38.7. The van der Waals surface area contributed by atoms with E-state index >= 15 is 0 Å². The Morgan fingerprint density at radius 2 is 1.38 bits per heavy atom. The van der Waals surface area contributed by atoms with Gasteiger partial charge < -0.3 is 31.9 Å². The van der Waals surface area contributed by atoms with Crippen LogP contribution in [0.15, 0.2) is 24.4 Å². The number of hydrogen-bond donors (Lipinski definition) is 1. The molecule has 1 aliphatic heterocycles. The van der Waals surface area contributed by atoms with Crippen LogP contribution in [0.1, 0.15) is 161 Å². The summed E-state index contributed by atoms with van der Waals surface area (Å²) >= 11 is 0. The summed E-state index contributed by atoms with van der Waals surface area (Å²) in [5.74, 6) is -0.344. The van der Waals surface area contributed by atoms with Gasteiger partial charge in [0.05, 0.1) is 0 Å². The maximum Gasteiger partial charge on any atom is 0.416 e. The summed E-state index contributed by atoms with van der Waals surface area (Å²) in [5, 5.41) is 2.84. The average molecular weight is 724 g/mol. The fraction of sp³-hybridized carbons (Fsp3) is 0.800. The number of carbonyl (C=O) groups excluding carboxylic acids is 3. The fourth-order valence-electron chi connectivity index (χ4n) is 6.58. The van der Waals surface area contributed by atoms with Crippen LogP contribution in [0, 0.1) is 0 Å². The molecule has 0 radical (unpaired) electrons. The second-order valence-electron chi connectivity index (χ2n) is 14.0. The summed E-state index contributed by atoms with van der Waals surface area (Å²) in [7, 11) is 0. The van der Waals surface area contributed by atoms with E-state index in [-0.39, 0.29) is 31.5 Å². The largest absolute Gasteiger partial charge is 1.00 e. The fourth-order valence-corrected chi connectivity index (χ4v) is 6.58. The Balaban J connectivity index is 0.0000125. The minimum Gasteiger partial charge on any atom is -1.00 e. The molecule has 0 spiro atoms. The molecule has 1 aromatic heterocycles. The SMILES string of the molecule is CCCCCCCCCCCCCCCCCCNC(=O)OCC1(COC(=O)N(CCCCCc2cccc[n+]2CC)C(C)=O)CCCO1.[Cl-]. The molecule has 288 valence electrons. The Morgan fingerprint density at radius 1 is 0.800 bits per heavy atom. The molecule has 1 atom stereocenters. The van der Waals surface area contributed by atoms with Gasteiger partial charge in [0, 0.05) is 45.2 Å². The van der Waals surface area contributed by atoms with Crippen molar-refractivity contribution in [2.24, 2.45) is 0 Å². The van der Waals surface area contributed by atoms with Crippen molar-refractivity contribution in [2.75, 3.05) is 32.9 Å². The molecular formula is C40H70ClN3O6. The highest BCUT2D eigenvalue weighted by Gasteiger charge is 2.39. The number of rotatable bonds is 28. The molecule has 0 bridgehead atoms. The number of nitrogens with one attached hydrogen (secondary N) is 1. The van der Waals surface area contributed by atoms with E-state index in [1.54, 1.807) is 0 Å². The van der Waals surface area contributed by atoms with E-state index in [2.05, 4.69) is 42.1 Å². The Labute approximate surface area is 310 Å². The van der Waals surface area contributed by atoms with Gasteiger partial charge in [0.25, 0.3) is 0 Å². The molecule has 1 saturated heterocycles. The molecule has 10 heteroatoms. The number of carbonyl (C=O) groups is 3. The molecule has 3 amide bonds. The minimum atomic E-state index is -0.881. The third-order valence-electron chi connectivity index (χ3n) is 9.70. The highest BCUT2D eigenvalue weighted by atomic mass is 35.5. The van der Waals surface area contributed by atoms with Gasteiger partial charge in [0.15, 0.2) is 11.9 Å². The van der Waals surface area contributed by atoms with Crippen molar-refractivity contribution in [3.63, 3.8) is 0 Å². The van der Waals surface area contributed by atoms with Crippen molar-refractivity contribution in [2.45, 2.75) is 174 Å². The van der Waals surface area contributed by atoms with Crippen molar-refractivity contribution in [3.8, 4) is 0 Å². The summed E-state index contributed by atoms with van der Waals surface area (Å²) in [6, 6.07) is 6.22. The second kappa shape index (κ2) is 29.2. The van der Waals surface area contributed by atoms with Crippen LogP contribution in [0.25, 0.3) is 0 Å². The number of aryl methyl sites for hydroxylation is 2. The van der Waals surface area contributed by atoms with Gasteiger partial charge in [0.1, 0.15) is 25.4 Å². The van der Waals surface area contributed by atoms with Crippen LogP contribution in [-0.2, 0) is 32.0 Å². The molecule has 1 aromatic rings. The first kappa shape index (κ1) is 45.6. The first-order chi connectivity index (χ1) is 23.9. The predicted molar refractivity (Wildman–Crippen MR) is 195 cm³/mol. The second-order valence-corrected chi connectivity index (χ2v) is 14.0. The Morgan fingerprint density at radius 3 is 1.94 bits per heavy atom. The lowest BCUT2D eigenvalue weighted by molar-refractivity contribution is -0.700. The van der Waals surface area contributed by atoms with E-state index in [1.807, 2.05) is 6.07 Å². The van der Waals surface area contributed by atoms with E-state index in [9.17, 15) is 14.4 Å². The van der Waals surface area contributed by atoms with E-state index in [0.29, 0.717) is 32.5 Å². The summed E-state index contributed by atoms with van der Waals surface area (Å²) < 4.78 is 19.2. The van der Waals surface area contributed by atoms with Crippen molar-refractivity contribution in [1.82, 2.24) is 10.2 Å². The van der Waals surface area contributed by atoms with Crippen LogP contribution < -0.4 is 22.3 Å². The first-order valence-electron chi connectivity index (χ1n) is 19.9. The van der Waals surface area contributed by atoms with Crippen LogP contribution in [-0.4, -0.2) is 61.5 Å². The van der Waals surface area contributed by atoms with Crippen LogP contribution in [0.4, 0.5) is 9.59 Å². The maximum atomic E-state index is 12.9. The zero-order valence-corrected chi connectivity index (χ0v) is 32.6. The zero-order chi connectivity index (χ0) is 35.4. The lowest BCUT2D eigenvalue weighted by Crippen LogP contribution is -3.00. The van der Waals surface area contributed by atoms with Crippen molar-refractivity contribution >= 4 is 18.1 Å². The van der Waals surface area contributed by atoms with Crippen molar-refractivity contribution in [3.05, 3.63) is 30.1 Å². The number of alkyl carbamates (subject to hydrolysis) is 1. The molecule has 0 saturated carbocycles. The number of halogens is 1. The maximum absolute atomic E-state index is 12.9. The van der Waals surface area contributed by atoms with E-state index in [1.165, 1.54) is 103 Å². The van der Waals surface area contributed by atoms with Gasteiger partial charge in [-0.15, -0.1) is 0 Å². The number of unbranched alkanes of at least 4 members (excludes halogenated alkanes) is 17. The summed E-state index contributed by atoms with van der Waals surface area (Å²) in [5.41, 5.74) is 0.402. The third-order valence-corrected chi connectivity index (χ3v) is 9.70. The highest BCUT2D eigenvalue weighted by molar-refractivity contribution is 5.90. The van der Waals surface area contributed by atoms with Gasteiger partial charge in [-0.1, -0.05) is 116 Å². The molecule has 1 N–H and O–H groups in total. The molecular weight excluding hydrogens is 654 g/mol. The van der Waals surface area contributed by atoms with Crippen molar-refractivity contribution in [1.29, 1.82) is 0 Å². The normalized spacial score (nSPS) is 15.3. The lowest BCUT2D eigenvalue weighted by atomic mass is 10.0. The topological polar surface area (TPSA) is 98.0 Å². The van der Waals surface area contributed by atoms with Crippen LogP contribution in [0.3, 0.4) is 0 Å². The van der Waals surface area contributed by atoms with Crippen molar-refractivity contribution < 1.29 is 45.6 Å². The molecule has 0 aliphatic carbocycles. The Hall–Kier alpha value is -2.39. The number of nitrogens with zero attached hydrogens (tertiary/aromatic N) is 2. The number of imide groups is 1. The van der Waals surface area contributed by atoms with Gasteiger partial charge in [-0.25, -0.2) is 19.1 Å². The smallest absolute Gasteiger partial charge is 0.416 e. The molecule has 2 rings (SSSR count). The first-order valence-corrected chi connectivity index (χ1v) is 19.9. The Bertz CT molecular complexity index is 1040. The molecule has 9 nitrogen and oxygen atoms in total. The molecule has 1 fully saturated rings. The number of amides is 3. The summed E-state index contributed by atoms with van der Waals surface area (Å²) in [6.07, 6.45) is 26.9. The van der Waals surface area contributed by atoms with Crippen LogP contribution in [0.2, 0.25) is 0 Å². The van der Waals surface area contributed by atoms with Crippen LogP contribution in [0.5, 0.6) is 0 Å². The standard InChI is InChI=1S/C40H69N3O6.ClH/c1-4-6-7-8-9-10-11-12-13-14-15-16-17-18-19-23-30-41-38(45)47-34-40(29-26-33-49-40)35-48-39(46)43(36(3)44)32-24-20-21-27-37-28-22-25-31-42(37)5-2;/h22,25,28,31H,4-21,23-24,26-27,29-30,32-35H2,1-3H3;1H. The molecule has 50 heavy (non-hydrogen) atoms. The third kappa shape index (κ3) is 20.5. The van der Waals surface area contributed by atoms with E-state index in [0.717, 1.165) is 50.0 Å². The monoisotopic (exact) mass is 723 g/mol. The quantitative estimate of drug-likeness (QED) is 0.0814. The number of aromatic nitrogens is 1. The highest BCUT2D eigenvalue weighted by Crippen LogP contribution is 2.27. The predicted octanol–water partition coefficient (Wildman–Crippen LogP) is 6.23. The van der Waals surface area contributed by atoms with E-state index in [4.69, 9.17) is 14.2 Å². The minimum absolute atomic E-state index is 0. The molecule has 1 unspecified atom stereocenters. The van der Waals surface area contributed by atoms with Gasteiger partial charge in [-0.3, -0.25) is 4.79 Å². The van der Waals surface area contributed by atoms with Gasteiger partial charge >= 0.3 is 12.2 Å². The van der Waals surface area contributed by atoms with Gasteiger partial charge in [-0.2, -0.15) is 0 Å². The Kier molecular flexibility index (Phi) is 26.7. The molecule has 2 heterocycles. The number of ether oxygens (including phenoxy) is 3. The molecule has 1 aliphatic rings. The number of hydrogen-bond acceptors (Lipinski definition) is 6. The average Bonchev–Trinajstić information content (AvgIpc) is 3.58. The zero-order valence-electron chi connectivity index (χ0n) is 31.8. The lowest BCUT2D eigenvalue weighted by Gasteiger charge is -2.28. The number of pyridine rings is 1. The summed E-state index contributed by atoms with van der Waals surface area (Å²) in [6.45, 7) is 8.05. The van der Waals surface area contributed by atoms with Gasteiger partial charge in [-0.05, 0) is 39.0 Å². The van der Waals surface area contributed by atoms with E-state index < -0.39 is 17.8 Å².